The van der Waals surface area contributed by atoms with Gasteiger partial charge in [0.05, 0.1) is 5.56 Å². The van der Waals surface area contributed by atoms with E-state index in [0.717, 1.165) is 41.7 Å². The molecule has 0 unspecified atom stereocenters. The summed E-state index contributed by atoms with van der Waals surface area (Å²) < 4.78 is 12.4. The van der Waals surface area contributed by atoms with Crippen LogP contribution in [0.5, 0.6) is 5.75 Å². The van der Waals surface area contributed by atoms with Gasteiger partial charge in [0.2, 0.25) is 5.91 Å². The Bertz CT molecular complexity index is 1190. The summed E-state index contributed by atoms with van der Waals surface area (Å²) in [5.74, 6) is 0.0674. The first-order chi connectivity index (χ1) is 14.9. The van der Waals surface area contributed by atoms with Crippen LogP contribution in [0.15, 0.2) is 28.7 Å². The fourth-order valence-corrected chi connectivity index (χ4v) is 5.09. The number of amides is 2. The van der Waals surface area contributed by atoms with Crippen LogP contribution in [0.25, 0.3) is 0 Å². The van der Waals surface area contributed by atoms with Gasteiger partial charge in [-0.1, -0.05) is 12.1 Å². The van der Waals surface area contributed by atoms with Crippen molar-refractivity contribution in [3.05, 3.63) is 56.6 Å². The molecule has 0 radical (unpaired) electrons. The maximum Gasteiger partial charge on any atom is 0.287 e. The lowest BCUT2D eigenvalue weighted by atomic mass is 9.95. The maximum absolute atomic E-state index is 12.6. The smallest absolute Gasteiger partial charge is 0.287 e. The molecule has 1 aromatic carbocycles. The highest BCUT2D eigenvalue weighted by Gasteiger charge is 2.25. The number of thiophene rings is 1. The third kappa shape index (κ3) is 4.86. The fraction of sp³-hybridized carbons (Fsp3) is 0.333. The molecule has 0 fully saturated rings. The van der Waals surface area contributed by atoms with Crippen molar-refractivity contribution >= 4 is 40.4 Å². The quantitative estimate of drug-likeness (QED) is 0.521. The molecule has 3 N–H and O–H groups in total. The van der Waals surface area contributed by atoms with Gasteiger partial charge in [0.1, 0.15) is 17.3 Å². The molecule has 2 amide bonds. The molecule has 1 aliphatic rings. The van der Waals surface area contributed by atoms with Crippen LogP contribution in [0.1, 0.15) is 45.1 Å². The average molecular weight is 459 g/mol. The molecule has 2 aromatic heterocycles. The van der Waals surface area contributed by atoms with Gasteiger partial charge in [0.15, 0.2) is 6.61 Å². The van der Waals surface area contributed by atoms with Gasteiger partial charge < -0.3 is 20.2 Å². The Morgan fingerprint density at radius 3 is 2.94 bits per heavy atom. The molecular weight excluding hydrogens is 436 g/mol. The number of hydrogen-bond donors (Lipinski definition) is 2. The van der Waals surface area contributed by atoms with E-state index in [9.17, 15) is 9.59 Å². The second-order valence-corrected chi connectivity index (χ2v) is 8.81. The van der Waals surface area contributed by atoms with E-state index in [1.807, 2.05) is 31.2 Å². The van der Waals surface area contributed by atoms with E-state index in [2.05, 4.69) is 10.4 Å². The Kier molecular flexibility index (Phi) is 6.19. The molecule has 10 heteroatoms. The van der Waals surface area contributed by atoms with Crippen LogP contribution in [0.3, 0.4) is 0 Å². The summed E-state index contributed by atoms with van der Waals surface area (Å²) >= 11 is 6.59. The van der Waals surface area contributed by atoms with Crippen molar-refractivity contribution in [1.29, 1.82) is 0 Å². The van der Waals surface area contributed by atoms with Crippen LogP contribution in [0.2, 0.25) is 0 Å². The van der Waals surface area contributed by atoms with Crippen molar-refractivity contribution in [1.82, 2.24) is 9.78 Å². The lowest BCUT2D eigenvalue weighted by Crippen LogP contribution is -2.22. The largest absolute Gasteiger partial charge is 0.484 e. The lowest BCUT2D eigenvalue weighted by Gasteiger charge is -2.11. The first-order valence-corrected chi connectivity index (χ1v) is 11.1. The number of carbonyl (C=O) groups is 2. The molecule has 2 heterocycles. The number of nitrogens with two attached hydrogens (primary N) is 1. The van der Waals surface area contributed by atoms with Crippen molar-refractivity contribution in [3.8, 4) is 5.75 Å². The topological polar surface area (TPSA) is 112 Å². The third-order valence-electron chi connectivity index (χ3n) is 4.96. The van der Waals surface area contributed by atoms with Gasteiger partial charge in [-0.25, -0.2) is 4.68 Å². The van der Waals surface area contributed by atoms with E-state index in [-0.39, 0.29) is 29.8 Å². The monoisotopic (exact) mass is 458 g/mol. The SMILES string of the molecule is Cc1cccc(OCc2nn(CC(=O)Nc3sc4c(c3C(N)=O)CCCC4)c(=S)o2)c1. The summed E-state index contributed by atoms with van der Waals surface area (Å²) in [5, 5.41) is 7.51. The maximum atomic E-state index is 12.6. The zero-order valence-electron chi connectivity index (χ0n) is 17.0. The molecule has 0 spiro atoms. The van der Waals surface area contributed by atoms with E-state index in [0.29, 0.717) is 16.3 Å². The number of nitrogens with zero attached hydrogens (tertiary/aromatic N) is 2. The Labute approximate surface area is 188 Å². The molecule has 4 rings (SSSR count). The number of aryl methyl sites for hydroxylation is 2. The van der Waals surface area contributed by atoms with Crippen LogP contribution in [0.4, 0.5) is 5.00 Å². The van der Waals surface area contributed by atoms with Gasteiger partial charge in [-0.05, 0) is 68.1 Å². The van der Waals surface area contributed by atoms with Crippen LogP contribution in [0, 0.1) is 11.8 Å². The number of fused-ring (bicyclic) bond motifs is 1. The van der Waals surface area contributed by atoms with Gasteiger partial charge in [0.25, 0.3) is 16.6 Å². The van der Waals surface area contributed by atoms with Crippen LogP contribution < -0.4 is 15.8 Å². The Balaban J connectivity index is 1.43. The number of carbonyl (C=O) groups excluding carboxylic acids is 2. The minimum Gasteiger partial charge on any atom is -0.484 e. The summed E-state index contributed by atoms with van der Waals surface area (Å²) in [6.45, 7) is 1.91. The van der Waals surface area contributed by atoms with Crippen molar-refractivity contribution in [2.75, 3.05) is 5.32 Å². The Morgan fingerprint density at radius 1 is 1.35 bits per heavy atom. The van der Waals surface area contributed by atoms with Gasteiger partial charge >= 0.3 is 0 Å². The minimum atomic E-state index is -0.525. The minimum absolute atomic E-state index is 0.0681. The van der Waals surface area contributed by atoms with Crippen LogP contribution in [-0.4, -0.2) is 21.6 Å². The molecule has 0 bridgehead atoms. The number of benzene rings is 1. The zero-order chi connectivity index (χ0) is 22.0. The standard InChI is InChI=1S/C21H22N4O4S2/c1-12-5-4-6-13(9-12)28-11-17-24-25(21(30)29-17)10-16(26)23-20-18(19(22)27)14-7-2-3-8-15(14)31-20/h4-6,9H,2-3,7-8,10-11H2,1H3,(H2,22,27)(H,23,26). The molecule has 3 aromatic rings. The molecule has 0 atom stereocenters. The molecule has 8 nitrogen and oxygen atoms in total. The first kappa shape index (κ1) is 21.3. The second kappa shape index (κ2) is 9.03. The molecule has 1 aliphatic carbocycles. The van der Waals surface area contributed by atoms with Gasteiger partial charge in [0, 0.05) is 4.88 Å². The molecule has 0 saturated carbocycles. The zero-order valence-corrected chi connectivity index (χ0v) is 18.6. The van der Waals surface area contributed by atoms with E-state index >= 15 is 0 Å². The molecular formula is C21H22N4O4S2. The average Bonchev–Trinajstić information content (AvgIpc) is 3.26. The van der Waals surface area contributed by atoms with Gasteiger partial charge in [-0.15, -0.1) is 16.4 Å². The Morgan fingerprint density at radius 2 is 2.16 bits per heavy atom. The summed E-state index contributed by atoms with van der Waals surface area (Å²) in [6.07, 6.45) is 3.78. The second-order valence-electron chi connectivity index (χ2n) is 7.35. The summed E-state index contributed by atoms with van der Waals surface area (Å²) in [5.41, 5.74) is 8.04. The number of nitrogens with one attached hydrogen (secondary N) is 1. The van der Waals surface area contributed by atoms with E-state index < -0.39 is 5.91 Å². The predicted octanol–water partition coefficient (Wildman–Crippen LogP) is 3.77. The van der Waals surface area contributed by atoms with Crippen LogP contribution >= 0.6 is 23.6 Å². The number of hydrogen-bond acceptors (Lipinski definition) is 7. The van der Waals surface area contributed by atoms with Gasteiger partial charge in [-0.3, -0.25) is 9.59 Å². The fourth-order valence-electron chi connectivity index (χ4n) is 3.57. The summed E-state index contributed by atoms with van der Waals surface area (Å²) in [7, 11) is 0. The van der Waals surface area contributed by atoms with E-state index in [1.165, 1.54) is 16.0 Å². The highest BCUT2D eigenvalue weighted by atomic mass is 32.1. The highest BCUT2D eigenvalue weighted by molar-refractivity contribution is 7.71. The normalized spacial score (nSPS) is 12.9. The number of primary amides is 1. The number of anilines is 1. The number of rotatable bonds is 7. The summed E-state index contributed by atoms with van der Waals surface area (Å²) in [4.78, 5) is 25.8. The van der Waals surface area contributed by atoms with Crippen molar-refractivity contribution in [2.24, 2.45) is 5.73 Å². The van der Waals surface area contributed by atoms with Crippen molar-refractivity contribution in [3.63, 3.8) is 0 Å². The lowest BCUT2D eigenvalue weighted by molar-refractivity contribution is -0.116. The highest BCUT2D eigenvalue weighted by Crippen LogP contribution is 2.37. The van der Waals surface area contributed by atoms with Crippen LogP contribution in [-0.2, 0) is 30.8 Å². The van der Waals surface area contributed by atoms with E-state index in [4.69, 9.17) is 27.1 Å². The molecule has 0 saturated heterocycles. The van der Waals surface area contributed by atoms with E-state index in [1.54, 1.807) is 0 Å². The Hall–Kier alpha value is -2.98. The summed E-state index contributed by atoms with van der Waals surface area (Å²) in [6, 6.07) is 7.60. The third-order valence-corrected chi connectivity index (χ3v) is 6.47. The molecule has 31 heavy (non-hydrogen) atoms. The van der Waals surface area contributed by atoms with Crippen molar-refractivity contribution in [2.45, 2.75) is 45.8 Å². The number of aromatic nitrogens is 2. The first-order valence-electron chi connectivity index (χ1n) is 9.91. The molecule has 0 aliphatic heterocycles. The van der Waals surface area contributed by atoms with Crippen molar-refractivity contribution < 1.29 is 18.7 Å². The van der Waals surface area contributed by atoms with Gasteiger partial charge in [-0.2, -0.15) is 0 Å². The number of ether oxygens (including phenoxy) is 1. The predicted molar refractivity (Wildman–Crippen MR) is 119 cm³/mol. The molecule has 162 valence electrons.